The molecule has 0 N–H and O–H groups in total. The van der Waals surface area contributed by atoms with Crippen LogP contribution in [0.2, 0.25) is 0 Å². The number of nitrogens with zero attached hydrogens (tertiary/aromatic N) is 2. The van der Waals surface area contributed by atoms with Gasteiger partial charge in [-0.15, -0.1) is 0 Å². The van der Waals surface area contributed by atoms with Crippen molar-refractivity contribution in [3.63, 3.8) is 0 Å². The van der Waals surface area contributed by atoms with Crippen molar-refractivity contribution < 1.29 is 19.2 Å². The molecule has 0 saturated carbocycles. The van der Waals surface area contributed by atoms with E-state index >= 15 is 0 Å². The second-order valence-corrected chi connectivity index (χ2v) is 12.5. The molecule has 0 radical (unpaired) electrons. The predicted octanol–water partition coefficient (Wildman–Crippen LogP) is 12.6. The van der Waals surface area contributed by atoms with Gasteiger partial charge in [0.25, 0.3) is 0 Å². The maximum Gasteiger partial charge on any atom is 0.145 e. The fraction of sp³-hybridized carbons (Fsp3) is 0.0625. The highest BCUT2D eigenvalue weighted by Crippen LogP contribution is 2.51. The fourth-order valence-corrected chi connectivity index (χ4v) is 7.51. The van der Waals surface area contributed by atoms with Crippen molar-refractivity contribution in [1.29, 1.82) is 0 Å². The molecule has 0 atom stereocenters. The van der Waals surface area contributed by atoms with Gasteiger partial charge in [0.05, 0.1) is 22.0 Å². The SMILES string of the molecule is [2H]c1c([2H])c([2H])c2c(-c3ccc4c(c3)C(C([2H])([2H])[2H])(C([2H])([2H])[2H])c3ccccc3-4)c3c([2H])c([2H])c([2H])c([2H])c3c(-c3cccc(-c4nc5ccccc5n4-c4ccccc4)c3)c2c1[2H]. The van der Waals surface area contributed by atoms with Crippen LogP contribution in [-0.4, -0.2) is 9.55 Å². The predicted molar refractivity (Wildman–Crippen MR) is 210 cm³/mol. The normalized spacial score (nSPS) is 17.7. The highest BCUT2D eigenvalue weighted by molar-refractivity contribution is 6.21. The topological polar surface area (TPSA) is 17.8 Å². The largest absolute Gasteiger partial charge is 0.292 e. The number of hydrogen-bond acceptors (Lipinski definition) is 1. The van der Waals surface area contributed by atoms with Crippen molar-refractivity contribution in [3.05, 3.63) is 181 Å². The molecule has 1 aliphatic carbocycles. The molecule has 0 amide bonds. The highest BCUT2D eigenvalue weighted by atomic mass is 15.1. The van der Waals surface area contributed by atoms with Crippen molar-refractivity contribution in [2.45, 2.75) is 19.1 Å². The molecule has 0 unspecified atom stereocenters. The average molecular weight is 653 g/mol. The molecule has 2 heteroatoms. The third-order valence-corrected chi connectivity index (χ3v) is 9.69. The molecule has 0 fully saturated rings. The Morgan fingerprint density at radius 2 is 1.14 bits per heavy atom. The first-order valence-corrected chi connectivity index (χ1v) is 16.2. The maximum atomic E-state index is 9.50. The van der Waals surface area contributed by atoms with E-state index in [1.807, 2.05) is 65.2 Å². The minimum Gasteiger partial charge on any atom is -0.292 e. The van der Waals surface area contributed by atoms with Gasteiger partial charge in [-0.2, -0.15) is 0 Å². The number of rotatable bonds is 4. The molecule has 10 rings (SSSR count). The van der Waals surface area contributed by atoms with Crippen molar-refractivity contribution in [2.24, 2.45) is 0 Å². The molecule has 1 heterocycles. The Balaban J connectivity index is 1.36. The molecule has 9 aromatic rings. The molecule has 50 heavy (non-hydrogen) atoms. The van der Waals surface area contributed by atoms with E-state index in [9.17, 15) is 5.48 Å². The van der Waals surface area contributed by atoms with Gasteiger partial charge in [-0.25, -0.2) is 4.98 Å². The summed E-state index contributed by atoms with van der Waals surface area (Å²) in [5.41, 5.74) is 1.79. The summed E-state index contributed by atoms with van der Waals surface area (Å²) in [5, 5.41) is -0.281. The Hall–Kier alpha value is -6.25. The van der Waals surface area contributed by atoms with Gasteiger partial charge in [0.2, 0.25) is 0 Å². The van der Waals surface area contributed by atoms with E-state index in [-0.39, 0.29) is 49.4 Å². The van der Waals surface area contributed by atoms with Crippen molar-refractivity contribution in [1.82, 2.24) is 9.55 Å². The lowest BCUT2D eigenvalue weighted by atomic mass is 9.80. The van der Waals surface area contributed by atoms with Gasteiger partial charge in [-0.3, -0.25) is 4.57 Å². The van der Waals surface area contributed by atoms with Gasteiger partial charge in [0.15, 0.2) is 0 Å². The van der Waals surface area contributed by atoms with Gasteiger partial charge < -0.3 is 0 Å². The second-order valence-electron chi connectivity index (χ2n) is 12.5. The van der Waals surface area contributed by atoms with E-state index in [4.69, 9.17) is 18.7 Å². The fourth-order valence-electron chi connectivity index (χ4n) is 7.51. The van der Waals surface area contributed by atoms with Crippen LogP contribution < -0.4 is 0 Å². The van der Waals surface area contributed by atoms with Crippen LogP contribution in [0.15, 0.2) is 170 Å². The van der Waals surface area contributed by atoms with Crippen LogP contribution >= 0.6 is 0 Å². The van der Waals surface area contributed by atoms with Gasteiger partial charge in [0.1, 0.15) is 5.82 Å². The molecule has 0 bridgehead atoms. The lowest BCUT2D eigenvalue weighted by Gasteiger charge is -2.23. The van der Waals surface area contributed by atoms with Crippen LogP contribution in [0.3, 0.4) is 0 Å². The van der Waals surface area contributed by atoms with Crippen molar-refractivity contribution in [2.75, 3.05) is 0 Å². The first-order chi connectivity index (χ1) is 30.4. The number of hydrogen-bond donors (Lipinski definition) is 0. The number of fused-ring (bicyclic) bond motifs is 6. The zero-order chi connectivity index (χ0) is 45.4. The number of aromatic nitrogens is 2. The quantitative estimate of drug-likeness (QED) is 0.173. The summed E-state index contributed by atoms with van der Waals surface area (Å²) >= 11 is 0. The van der Waals surface area contributed by atoms with Crippen molar-refractivity contribution in [3.8, 4) is 50.5 Å². The van der Waals surface area contributed by atoms with E-state index in [0.717, 1.165) is 11.2 Å². The molecule has 236 valence electrons. The van der Waals surface area contributed by atoms with E-state index in [0.29, 0.717) is 33.6 Å². The Morgan fingerprint density at radius 1 is 0.540 bits per heavy atom. The van der Waals surface area contributed by atoms with Crippen molar-refractivity contribution >= 4 is 32.6 Å². The minimum atomic E-state index is -3.12. The van der Waals surface area contributed by atoms with Crippen LogP contribution in [0.1, 0.15) is 44.0 Å². The van der Waals surface area contributed by atoms with Crippen LogP contribution in [0, 0.1) is 0 Å². The molecule has 2 nitrogen and oxygen atoms in total. The first kappa shape index (κ1) is 17.9. The van der Waals surface area contributed by atoms with E-state index < -0.39 is 67.5 Å². The zero-order valence-corrected chi connectivity index (χ0v) is 26.4. The third-order valence-electron chi connectivity index (χ3n) is 9.69. The van der Waals surface area contributed by atoms with E-state index in [2.05, 4.69) is 0 Å². The Labute approximate surface area is 311 Å². The number of imidazole rings is 1. The summed E-state index contributed by atoms with van der Waals surface area (Å²) in [5.74, 6) is 0.550. The molecule has 0 saturated heterocycles. The molecular weight excluding hydrogens is 605 g/mol. The molecule has 0 aliphatic heterocycles. The average Bonchev–Trinajstić information content (AvgIpc) is 3.83. The number of para-hydroxylation sites is 3. The lowest BCUT2D eigenvalue weighted by molar-refractivity contribution is 0.660. The highest BCUT2D eigenvalue weighted by Gasteiger charge is 2.35. The second kappa shape index (κ2) is 10.9. The number of benzene rings is 8. The summed E-state index contributed by atoms with van der Waals surface area (Å²) in [6.45, 7) is -6.24. The first-order valence-electron chi connectivity index (χ1n) is 23.2. The van der Waals surface area contributed by atoms with Crippen LogP contribution in [0.4, 0.5) is 0 Å². The lowest BCUT2D eigenvalue weighted by Crippen LogP contribution is -2.14. The standard InChI is InChI=1S/C48H34N2/c1-48(2)41-24-11-10-19-35(41)36-28-27-32(30-42(36)48)46-39-22-8-6-20-37(39)45(38-21-7-9-23-40(38)46)31-15-14-16-33(29-31)47-49-43-25-12-13-26-44(43)50(47)34-17-4-3-5-18-34/h3-30H,1-2H3/i1D3,2D3,6D,7D,8D,9D,20D,21D,22D,23D. The molecule has 1 aromatic heterocycles. The van der Waals surface area contributed by atoms with Crippen LogP contribution in [0.5, 0.6) is 0 Å². The van der Waals surface area contributed by atoms with E-state index in [1.165, 1.54) is 12.1 Å². The smallest absolute Gasteiger partial charge is 0.145 e. The molecular formula is C48H34N2. The Morgan fingerprint density at radius 3 is 1.86 bits per heavy atom. The van der Waals surface area contributed by atoms with Gasteiger partial charge in [-0.05, 0) is 102 Å². The Kier molecular flexibility index (Phi) is 3.91. The van der Waals surface area contributed by atoms with Gasteiger partial charge >= 0.3 is 0 Å². The monoisotopic (exact) mass is 652 g/mol. The third kappa shape index (κ3) is 4.18. The molecule has 8 aromatic carbocycles. The van der Waals surface area contributed by atoms with Gasteiger partial charge in [0, 0.05) is 24.9 Å². The summed E-state index contributed by atoms with van der Waals surface area (Å²) in [4.78, 5) is 5.02. The van der Waals surface area contributed by atoms with Crippen LogP contribution in [-0.2, 0) is 5.41 Å². The summed E-state index contributed by atoms with van der Waals surface area (Å²) in [6, 6.07) is 31.0. The molecule has 1 aliphatic rings. The summed E-state index contributed by atoms with van der Waals surface area (Å²) < 4.78 is 129. The molecule has 0 spiro atoms. The summed E-state index contributed by atoms with van der Waals surface area (Å²) in [7, 11) is 0. The van der Waals surface area contributed by atoms with Crippen LogP contribution in [0.25, 0.3) is 83.0 Å². The summed E-state index contributed by atoms with van der Waals surface area (Å²) in [6.07, 6.45) is 0. The zero-order valence-electron chi connectivity index (χ0n) is 40.4. The minimum absolute atomic E-state index is 0.0292. The van der Waals surface area contributed by atoms with Gasteiger partial charge in [-0.1, -0.05) is 147 Å². The Bertz CT molecular complexity index is 3370. The van der Waals surface area contributed by atoms with E-state index in [1.54, 1.807) is 48.5 Å². The maximum absolute atomic E-state index is 9.50.